The van der Waals surface area contributed by atoms with Crippen LogP contribution in [0.25, 0.3) is 0 Å². The molecule has 2 rings (SSSR count). The van der Waals surface area contributed by atoms with Crippen LogP contribution in [0.15, 0.2) is 18.2 Å². The zero-order valence-electron chi connectivity index (χ0n) is 9.12. The quantitative estimate of drug-likeness (QED) is 0.663. The number of carbonyl (C=O) groups is 1. The van der Waals surface area contributed by atoms with Crippen LogP contribution < -0.4 is 21.5 Å². The summed E-state index contributed by atoms with van der Waals surface area (Å²) < 4.78 is 5.25. The number of benzene rings is 1. The Bertz CT molecular complexity index is 429. The minimum atomic E-state index is -0.600. The van der Waals surface area contributed by atoms with Gasteiger partial charge in [0, 0.05) is 6.54 Å². The van der Waals surface area contributed by atoms with Crippen molar-refractivity contribution >= 4 is 11.6 Å². The van der Waals surface area contributed by atoms with Crippen molar-refractivity contribution in [1.82, 2.24) is 0 Å². The zero-order valence-corrected chi connectivity index (χ0v) is 9.12. The highest BCUT2D eigenvalue weighted by atomic mass is 16.5. The summed E-state index contributed by atoms with van der Waals surface area (Å²) in [5.41, 5.74) is 12.6. The molecule has 0 saturated heterocycles. The third-order valence-electron chi connectivity index (χ3n) is 2.70. The highest BCUT2D eigenvalue weighted by Crippen LogP contribution is 2.31. The smallest absolute Gasteiger partial charge is 0.262 e. The summed E-state index contributed by atoms with van der Waals surface area (Å²) in [5, 5.41) is 2.74. The number of hydrogen-bond donors (Lipinski definition) is 3. The molecule has 0 aromatic heterocycles. The maximum atomic E-state index is 11.2. The predicted octanol–water partition coefficient (Wildman–Crippen LogP) is 0.150. The molecule has 1 heterocycles. The molecule has 0 fully saturated rings. The number of anilines is 1. The summed E-state index contributed by atoms with van der Waals surface area (Å²) in [6, 6.07) is 5.47. The van der Waals surface area contributed by atoms with Gasteiger partial charge in [0.25, 0.3) is 5.91 Å². The third kappa shape index (κ3) is 1.87. The summed E-state index contributed by atoms with van der Waals surface area (Å²) in [5.74, 6) is 0.507. The van der Waals surface area contributed by atoms with Crippen molar-refractivity contribution in [3.63, 3.8) is 0 Å². The van der Waals surface area contributed by atoms with Crippen LogP contribution in [0.4, 0.5) is 5.69 Å². The van der Waals surface area contributed by atoms with Crippen LogP contribution in [0.2, 0.25) is 0 Å². The molecule has 1 aromatic carbocycles. The van der Waals surface area contributed by atoms with Gasteiger partial charge in [-0.05, 0) is 24.6 Å². The molecule has 0 spiro atoms. The first kappa shape index (κ1) is 10.9. The van der Waals surface area contributed by atoms with E-state index in [4.69, 9.17) is 16.2 Å². The Kier molecular flexibility index (Phi) is 2.57. The van der Waals surface area contributed by atoms with E-state index in [2.05, 4.69) is 5.32 Å². The van der Waals surface area contributed by atoms with E-state index in [1.165, 1.54) is 0 Å². The Morgan fingerprint density at radius 1 is 1.56 bits per heavy atom. The maximum absolute atomic E-state index is 11.2. The second kappa shape index (κ2) is 3.77. The highest BCUT2D eigenvalue weighted by molar-refractivity contribution is 5.95. The molecule has 1 aliphatic heterocycles. The molecular weight excluding hydrogens is 206 g/mol. The lowest BCUT2D eigenvalue weighted by molar-refractivity contribution is -0.118. The number of fused-ring (bicyclic) bond motifs is 1. The van der Waals surface area contributed by atoms with E-state index < -0.39 is 5.54 Å². The molecule has 1 unspecified atom stereocenters. The molecule has 0 radical (unpaired) electrons. The Morgan fingerprint density at radius 2 is 2.31 bits per heavy atom. The molecule has 5 heteroatoms. The van der Waals surface area contributed by atoms with Gasteiger partial charge in [0.1, 0.15) is 5.75 Å². The second-order valence-electron chi connectivity index (χ2n) is 4.17. The highest BCUT2D eigenvalue weighted by Gasteiger charge is 2.22. The van der Waals surface area contributed by atoms with E-state index in [0.29, 0.717) is 18.0 Å². The maximum Gasteiger partial charge on any atom is 0.262 e. The molecule has 1 atom stereocenters. The van der Waals surface area contributed by atoms with Crippen LogP contribution >= 0.6 is 0 Å². The molecule has 1 aromatic rings. The first-order valence-corrected chi connectivity index (χ1v) is 5.09. The lowest BCUT2D eigenvalue weighted by Crippen LogP contribution is -2.41. The van der Waals surface area contributed by atoms with E-state index in [0.717, 1.165) is 5.56 Å². The normalized spacial score (nSPS) is 18.1. The molecule has 1 aliphatic rings. The summed E-state index contributed by atoms with van der Waals surface area (Å²) >= 11 is 0. The molecule has 5 nitrogen and oxygen atoms in total. The van der Waals surface area contributed by atoms with Gasteiger partial charge in [-0.25, -0.2) is 0 Å². The van der Waals surface area contributed by atoms with Crippen molar-refractivity contribution in [3.05, 3.63) is 23.8 Å². The fraction of sp³-hybridized carbons (Fsp3) is 0.364. The Balaban J connectivity index is 2.38. The number of ether oxygens (including phenoxy) is 1. The Morgan fingerprint density at radius 3 is 3.00 bits per heavy atom. The summed E-state index contributed by atoms with van der Waals surface area (Å²) in [7, 11) is 0. The van der Waals surface area contributed by atoms with Crippen molar-refractivity contribution in [2.45, 2.75) is 12.5 Å². The lowest BCUT2D eigenvalue weighted by Gasteiger charge is -2.26. The van der Waals surface area contributed by atoms with Crippen LogP contribution in [0, 0.1) is 0 Å². The lowest BCUT2D eigenvalue weighted by atomic mass is 9.93. The van der Waals surface area contributed by atoms with Crippen molar-refractivity contribution < 1.29 is 9.53 Å². The number of amides is 1. The first-order valence-electron chi connectivity index (χ1n) is 5.09. The third-order valence-corrected chi connectivity index (χ3v) is 2.70. The minimum Gasteiger partial charge on any atom is -0.482 e. The van der Waals surface area contributed by atoms with Crippen molar-refractivity contribution in [2.24, 2.45) is 11.5 Å². The standard InChI is InChI=1S/C11H15N3O2/c1-11(13,6-12)7-2-3-9-8(4-7)14-10(15)5-16-9/h2-4H,5-6,12-13H2,1H3,(H,14,15). The van der Waals surface area contributed by atoms with Gasteiger partial charge in [-0.1, -0.05) is 6.07 Å². The van der Waals surface area contributed by atoms with Crippen LogP contribution in [0.3, 0.4) is 0 Å². The fourth-order valence-electron chi connectivity index (χ4n) is 1.56. The Hall–Kier alpha value is -1.59. The van der Waals surface area contributed by atoms with Crippen molar-refractivity contribution in [2.75, 3.05) is 18.5 Å². The largest absolute Gasteiger partial charge is 0.482 e. The van der Waals surface area contributed by atoms with Crippen LogP contribution in [-0.4, -0.2) is 19.1 Å². The molecule has 86 valence electrons. The van der Waals surface area contributed by atoms with E-state index in [-0.39, 0.29) is 12.5 Å². The summed E-state index contributed by atoms with van der Waals surface area (Å²) in [4.78, 5) is 11.2. The van der Waals surface area contributed by atoms with Crippen LogP contribution in [0.1, 0.15) is 12.5 Å². The van der Waals surface area contributed by atoms with Gasteiger partial charge < -0.3 is 21.5 Å². The number of carbonyl (C=O) groups excluding carboxylic acids is 1. The van der Waals surface area contributed by atoms with E-state index in [1.807, 2.05) is 13.0 Å². The van der Waals surface area contributed by atoms with Gasteiger partial charge in [-0.3, -0.25) is 4.79 Å². The monoisotopic (exact) mass is 221 g/mol. The SMILES string of the molecule is CC(N)(CN)c1ccc2c(c1)NC(=O)CO2. The number of nitrogens with one attached hydrogen (secondary N) is 1. The van der Waals surface area contributed by atoms with Gasteiger partial charge in [0.05, 0.1) is 11.2 Å². The van der Waals surface area contributed by atoms with Crippen LogP contribution in [0.5, 0.6) is 5.75 Å². The summed E-state index contributed by atoms with van der Waals surface area (Å²) in [6.45, 7) is 2.24. The molecular formula is C11H15N3O2. The molecule has 5 N–H and O–H groups in total. The zero-order chi connectivity index (χ0) is 11.8. The van der Waals surface area contributed by atoms with Gasteiger partial charge in [0.2, 0.25) is 0 Å². The van der Waals surface area contributed by atoms with Gasteiger partial charge in [-0.15, -0.1) is 0 Å². The van der Waals surface area contributed by atoms with Crippen molar-refractivity contribution in [1.29, 1.82) is 0 Å². The van der Waals surface area contributed by atoms with Gasteiger partial charge in [0.15, 0.2) is 6.61 Å². The molecule has 0 bridgehead atoms. The molecule has 0 saturated carbocycles. The number of nitrogens with two attached hydrogens (primary N) is 2. The molecule has 16 heavy (non-hydrogen) atoms. The van der Waals surface area contributed by atoms with E-state index in [1.54, 1.807) is 12.1 Å². The average molecular weight is 221 g/mol. The van der Waals surface area contributed by atoms with Gasteiger partial charge in [-0.2, -0.15) is 0 Å². The van der Waals surface area contributed by atoms with E-state index >= 15 is 0 Å². The van der Waals surface area contributed by atoms with Crippen molar-refractivity contribution in [3.8, 4) is 5.75 Å². The number of hydrogen-bond acceptors (Lipinski definition) is 4. The molecule has 0 aliphatic carbocycles. The fourth-order valence-corrected chi connectivity index (χ4v) is 1.56. The first-order chi connectivity index (χ1) is 7.53. The predicted molar refractivity (Wildman–Crippen MR) is 61.2 cm³/mol. The minimum absolute atomic E-state index is 0.0587. The van der Waals surface area contributed by atoms with Gasteiger partial charge >= 0.3 is 0 Å². The Labute approximate surface area is 93.8 Å². The second-order valence-corrected chi connectivity index (χ2v) is 4.17. The topological polar surface area (TPSA) is 90.4 Å². The van der Waals surface area contributed by atoms with E-state index in [9.17, 15) is 4.79 Å². The average Bonchev–Trinajstić information content (AvgIpc) is 2.28. The summed E-state index contributed by atoms with van der Waals surface area (Å²) in [6.07, 6.45) is 0. The van der Waals surface area contributed by atoms with Crippen LogP contribution in [-0.2, 0) is 10.3 Å². The molecule has 1 amide bonds. The number of rotatable bonds is 2.